The average molecular weight is 185 g/mol. The Morgan fingerprint density at radius 2 is 2.20 bits per heavy atom. The van der Waals surface area contributed by atoms with Crippen LogP contribution in [0.5, 0.6) is 0 Å². The summed E-state index contributed by atoms with van der Waals surface area (Å²) >= 11 is 0. The van der Waals surface area contributed by atoms with E-state index in [1.807, 2.05) is 0 Å². The van der Waals surface area contributed by atoms with E-state index in [1.54, 1.807) is 0 Å². The van der Waals surface area contributed by atoms with Crippen LogP contribution in [0.4, 0.5) is 0 Å². The second-order valence-electron chi connectivity index (χ2n) is 1.99. The highest BCUT2D eigenvalue weighted by Gasteiger charge is 2.45. The SMILES string of the molecule is O=[P+]1CCC(P(=O)(O)O)O1. The molecule has 1 aliphatic heterocycles. The molecular formula is C3H7O5P2+. The molecule has 0 saturated carbocycles. The van der Waals surface area contributed by atoms with Crippen molar-refractivity contribution in [2.75, 3.05) is 6.16 Å². The minimum Gasteiger partial charge on any atom is -0.322 e. The van der Waals surface area contributed by atoms with Crippen LogP contribution in [-0.2, 0) is 13.7 Å². The third-order valence-electron chi connectivity index (χ3n) is 1.17. The van der Waals surface area contributed by atoms with Gasteiger partial charge in [0.25, 0.3) is 0 Å². The van der Waals surface area contributed by atoms with Crippen LogP contribution < -0.4 is 0 Å². The normalized spacial score (nSPS) is 31.0. The summed E-state index contributed by atoms with van der Waals surface area (Å²) in [6, 6.07) is 0. The Bertz CT molecular complexity index is 195. The van der Waals surface area contributed by atoms with E-state index in [0.717, 1.165) is 0 Å². The van der Waals surface area contributed by atoms with E-state index in [-0.39, 0.29) is 12.6 Å². The number of rotatable bonds is 1. The van der Waals surface area contributed by atoms with Crippen molar-refractivity contribution >= 4 is 15.6 Å². The molecule has 1 aliphatic rings. The fourth-order valence-corrected chi connectivity index (χ4v) is 3.09. The van der Waals surface area contributed by atoms with E-state index < -0.39 is 21.5 Å². The van der Waals surface area contributed by atoms with E-state index in [1.165, 1.54) is 0 Å². The van der Waals surface area contributed by atoms with Crippen molar-refractivity contribution < 1.29 is 23.4 Å². The molecule has 0 aromatic carbocycles. The molecule has 0 aromatic rings. The summed E-state index contributed by atoms with van der Waals surface area (Å²) in [6.45, 7) is 0. The molecule has 7 heteroatoms. The van der Waals surface area contributed by atoms with Crippen LogP contribution in [0.1, 0.15) is 6.42 Å². The van der Waals surface area contributed by atoms with Crippen LogP contribution in [0.15, 0.2) is 0 Å². The molecule has 1 heterocycles. The summed E-state index contributed by atoms with van der Waals surface area (Å²) in [5.41, 5.74) is 0. The molecule has 58 valence electrons. The molecule has 0 bridgehead atoms. The topological polar surface area (TPSA) is 83.8 Å². The van der Waals surface area contributed by atoms with Gasteiger partial charge in [0.1, 0.15) is 0 Å². The van der Waals surface area contributed by atoms with Crippen LogP contribution >= 0.6 is 15.6 Å². The lowest BCUT2D eigenvalue weighted by molar-refractivity contribution is 0.251. The summed E-state index contributed by atoms with van der Waals surface area (Å²) in [5, 5.41) is 0. The number of hydrogen-bond donors (Lipinski definition) is 2. The van der Waals surface area contributed by atoms with Gasteiger partial charge in [0, 0.05) is 6.42 Å². The highest BCUT2D eigenvalue weighted by molar-refractivity contribution is 7.53. The van der Waals surface area contributed by atoms with Crippen LogP contribution in [0.2, 0.25) is 0 Å². The number of hydrogen-bond acceptors (Lipinski definition) is 3. The molecule has 0 spiro atoms. The molecular weight excluding hydrogens is 178 g/mol. The van der Waals surface area contributed by atoms with Gasteiger partial charge >= 0.3 is 15.6 Å². The van der Waals surface area contributed by atoms with E-state index in [2.05, 4.69) is 4.52 Å². The fraction of sp³-hybridized carbons (Fsp3) is 1.00. The summed E-state index contributed by atoms with van der Waals surface area (Å²) in [4.78, 5) is 17.0. The lowest BCUT2D eigenvalue weighted by Crippen LogP contribution is -2.03. The molecule has 0 amide bonds. The van der Waals surface area contributed by atoms with Crippen molar-refractivity contribution in [1.82, 2.24) is 0 Å². The van der Waals surface area contributed by atoms with Gasteiger partial charge in [-0.15, -0.1) is 4.52 Å². The summed E-state index contributed by atoms with van der Waals surface area (Å²) < 4.78 is 25.4. The predicted molar refractivity (Wildman–Crippen MR) is 34.0 cm³/mol. The molecule has 0 aliphatic carbocycles. The highest BCUT2D eigenvalue weighted by atomic mass is 31.2. The lowest BCUT2D eigenvalue weighted by Gasteiger charge is -2.03. The van der Waals surface area contributed by atoms with Gasteiger partial charge in [-0.1, -0.05) is 0 Å². The monoisotopic (exact) mass is 185 g/mol. The second-order valence-corrected chi connectivity index (χ2v) is 5.07. The van der Waals surface area contributed by atoms with Crippen LogP contribution in [0.25, 0.3) is 0 Å². The first-order valence-corrected chi connectivity index (χ1v) is 5.71. The molecule has 0 radical (unpaired) electrons. The first-order chi connectivity index (χ1) is 4.50. The first kappa shape index (κ1) is 8.31. The molecule has 10 heavy (non-hydrogen) atoms. The van der Waals surface area contributed by atoms with Crippen molar-refractivity contribution in [3.05, 3.63) is 0 Å². The first-order valence-electron chi connectivity index (χ1n) is 2.67. The zero-order chi connectivity index (χ0) is 7.78. The molecule has 2 unspecified atom stereocenters. The molecule has 1 saturated heterocycles. The zero-order valence-corrected chi connectivity index (χ0v) is 6.79. The Labute approximate surface area is 58.4 Å². The molecule has 2 atom stereocenters. The minimum atomic E-state index is -4.16. The highest BCUT2D eigenvalue weighted by Crippen LogP contribution is 2.52. The smallest absolute Gasteiger partial charge is 0.322 e. The molecule has 1 rings (SSSR count). The van der Waals surface area contributed by atoms with Gasteiger partial charge in [0.15, 0.2) is 6.16 Å². The maximum Gasteiger partial charge on any atom is 0.509 e. The van der Waals surface area contributed by atoms with Crippen LogP contribution in [0.3, 0.4) is 0 Å². The van der Waals surface area contributed by atoms with E-state index >= 15 is 0 Å². The third-order valence-corrected chi connectivity index (χ3v) is 3.57. The second kappa shape index (κ2) is 2.68. The molecule has 5 nitrogen and oxygen atoms in total. The fourth-order valence-electron chi connectivity index (χ4n) is 0.687. The van der Waals surface area contributed by atoms with Crippen molar-refractivity contribution in [2.45, 2.75) is 12.3 Å². The Morgan fingerprint density at radius 3 is 2.40 bits per heavy atom. The maximum atomic E-state index is 10.5. The largest absolute Gasteiger partial charge is 0.509 e. The Kier molecular flexibility index (Phi) is 2.23. The van der Waals surface area contributed by atoms with Crippen LogP contribution in [-0.4, -0.2) is 21.8 Å². The summed E-state index contributed by atoms with van der Waals surface area (Å²) in [5.74, 6) is -1.13. The van der Waals surface area contributed by atoms with Crippen molar-refractivity contribution in [3.63, 3.8) is 0 Å². The van der Waals surface area contributed by atoms with Crippen LogP contribution in [0, 0.1) is 0 Å². The van der Waals surface area contributed by atoms with Gasteiger partial charge in [0.05, 0.1) is 0 Å². The van der Waals surface area contributed by atoms with Gasteiger partial charge < -0.3 is 9.79 Å². The van der Waals surface area contributed by atoms with Gasteiger partial charge in [-0.05, 0) is 4.57 Å². The van der Waals surface area contributed by atoms with Crippen molar-refractivity contribution in [1.29, 1.82) is 0 Å². The predicted octanol–water partition coefficient (Wildman–Crippen LogP) is 0.653. The Morgan fingerprint density at radius 1 is 1.60 bits per heavy atom. The third kappa shape index (κ3) is 1.84. The summed E-state index contributed by atoms with van der Waals surface area (Å²) in [6.07, 6.45) is 0.449. The van der Waals surface area contributed by atoms with Gasteiger partial charge in [-0.25, -0.2) is 0 Å². The zero-order valence-electron chi connectivity index (χ0n) is 5.01. The summed E-state index contributed by atoms with van der Waals surface area (Å²) in [7, 11) is -5.97. The van der Waals surface area contributed by atoms with Crippen molar-refractivity contribution in [3.8, 4) is 0 Å². The Balaban J connectivity index is 2.62. The van der Waals surface area contributed by atoms with Gasteiger partial charge in [0.2, 0.25) is 5.85 Å². The minimum absolute atomic E-state index is 0.194. The molecule has 0 aromatic heterocycles. The van der Waals surface area contributed by atoms with E-state index in [4.69, 9.17) is 9.79 Å². The van der Waals surface area contributed by atoms with Gasteiger partial charge in [-0.2, -0.15) is 0 Å². The standard InChI is InChI=1S/C3H6O5P2/c4-9-2-1-3(8-9)10(5,6)7/h3H,1-2H2,(H-,5,6,7)/p+1. The van der Waals surface area contributed by atoms with E-state index in [0.29, 0.717) is 0 Å². The van der Waals surface area contributed by atoms with Crippen molar-refractivity contribution in [2.24, 2.45) is 0 Å². The molecule has 2 N–H and O–H groups in total. The van der Waals surface area contributed by atoms with Gasteiger partial charge in [-0.3, -0.25) is 4.57 Å². The van der Waals surface area contributed by atoms with E-state index in [9.17, 15) is 9.13 Å². The quantitative estimate of drug-likeness (QED) is 0.586. The Hall–Kier alpha value is 0.210. The maximum absolute atomic E-state index is 10.5. The molecule has 1 fully saturated rings. The average Bonchev–Trinajstić information content (AvgIpc) is 2.11. The lowest BCUT2D eigenvalue weighted by atomic mass is 10.5.